The maximum Gasteiger partial charge on any atom is 0.137 e. The topological polar surface area (TPSA) is 68.8 Å². The van der Waals surface area contributed by atoms with Gasteiger partial charge in [-0.25, -0.2) is 4.98 Å². The lowest BCUT2D eigenvalue weighted by Crippen LogP contribution is -2.11. The van der Waals surface area contributed by atoms with Crippen LogP contribution in [0.2, 0.25) is 0 Å². The number of aromatic nitrogens is 3. The SMILES string of the molecule is Nc1ccc(Br)c(NCCn2cncn2)c1. The third-order valence-electron chi connectivity index (χ3n) is 2.11. The lowest BCUT2D eigenvalue weighted by atomic mass is 10.3. The third-order valence-corrected chi connectivity index (χ3v) is 2.80. The van der Waals surface area contributed by atoms with Gasteiger partial charge in [-0.15, -0.1) is 0 Å². The van der Waals surface area contributed by atoms with Gasteiger partial charge in [0, 0.05) is 16.7 Å². The van der Waals surface area contributed by atoms with Crippen molar-refractivity contribution in [3.63, 3.8) is 0 Å². The number of nitrogens with two attached hydrogens (primary N) is 1. The minimum Gasteiger partial charge on any atom is -0.399 e. The highest BCUT2D eigenvalue weighted by Crippen LogP contribution is 2.24. The minimum atomic E-state index is 0.742. The first-order valence-electron chi connectivity index (χ1n) is 4.87. The van der Waals surface area contributed by atoms with Gasteiger partial charge in [0.05, 0.1) is 12.2 Å². The fraction of sp³-hybridized carbons (Fsp3) is 0.200. The largest absolute Gasteiger partial charge is 0.399 e. The number of nitrogens with zero attached hydrogens (tertiary/aromatic N) is 3. The summed E-state index contributed by atoms with van der Waals surface area (Å²) in [6, 6.07) is 5.67. The summed E-state index contributed by atoms with van der Waals surface area (Å²) in [5.41, 5.74) is 7.43. The molecule has 0 saturated heterocycles. The molecule has 1 aromatic carbocycles. The summed E-state index contributed by atoms with van der Waals surface area (Å²) in [7, 11) is 0. The molecular weight excluding hydrogens is 270 g/mol. The molecule has 0 bridgehead atoms. The van der Waals surface area contributed by atoms with Crippen LogP contribution in [-0.4, -0.2) is 21.3 Å². The molecular formula is C10H12BrN5. The van der Waals surface area contributed by atoms with Crippen molar-refractivity contribution >= 4 is 27.3 Å². The molecule has 0 fully saturated rings. The summed E-state index contributed by atoms with van der Waals surface area (Å²) in [5.74, 6) is 0. The Morgan fingerprint density at radius 1 is 1.44 bits per heavy atom. The third kappa shape index (κ3) is 2.73. The van der Waals surface area contributed by atoms with Gasteiger partial charge in [-0.05, 0) is 34.1 Å². The van der Waals surface area contributed by atoms with Crippen LogP contribution in [0, 0.1) is 0 Å². The van der Waals surface area contributed by atoms with Crippen molar-refractivity contribution in [1.29, 1.82) is 0 Å². The zero-order valence-electron chi connectivity index (χ0n) is 8.60. The Bertz CT molecular complexity index is 454. The highest BCUT2D eigenvalue weighted by atomic mass is 79.9. The van der Waals surface area contributed by atoms with Gasteiger partial charge < -0.3 is 11.1 Å². The molecule has 0 aliphatic rings. The van der Waals surface area contributed by atoms with Crippen molar-refractivity contribution in [1.82, 2.24) is 14.8 Å². The lowest BCUT2D eigenvalue weighted by molar-refractivity contribution is 0.636. The Hall–Kier alpha value is -1.56. The van der Waals surface area contributed by atoms with E-state index in [1.165, 1.54) is 6.33 Å². The van der Waals surface area contributed by atoms with Gasteiger partial charge in [0.25, 0.3) is 0 Å². The van der Waals surface area contributed by atoms with Gasteiger partial charge in [0.1, 0.15) is 12.7 Å². The van der Waals surface area contributed by atoms with Crippen LogP contribution in [0.5, 0.6) is 0 Å². The highest BCUT2D eigenvalue weighted by Gasteiger charge is 1.99. The Morgan fingerprint density at radius 3 is 3.06 bits per heavy atom. The molecule has 0 aliphatic carbocycles. The molecule has 16 heavy (non-hydrogen) atoms. The maximum absolute atomic E-state index is 5.71. The summed E-state index contributed by atoms with van der Waals surface area (Å²) in [6.07, 6.45) is 3.21. The van der Waals surface area contributed by atoms with E-state index in [9.17, 15) is 0 Å². The van der Waals surface area contributed by atoms with Crippen molar-refractivity contribution in [2.75, 3.05) is 17.6 Å². The van der Waals surface area contributed by atoms with Crippen LogP contribution < -0.4 is 11.1 Å². The van der Waals surface area contributed by atoms with Crippen molar-refractivity contribution in [3.8, 4) is 0 Å². The van der Waals surface area contributed by atoms with Gasteiger partial charge in [-0.1, -0.05) is 0 Å². The molecule has 6 heteroatoms. The first-order valence-corrected chi connectivity index (χ1v) is 5.66. The van der Waals surface area contributed by atoms with E-state index in [0.717, 1.165) is 28.9 Å². The van der Waals surface area contributed by atoms with Gasteiger partial charge in [-0.2, -0.15) is 5.10 Å². The average molecular weight is 282 g/mol. The molecule has 1 aromatic heterocycles. The molecule has 0 radical (unpaired) electrons. The predicted octanol–water partition coefficient (Wildman–Crippen LogP) is 1.73. The monoisotopic (exact) mass is 281 g/mol. The van der Waals surface area contributed by atoms with Crippen LogP contribution >= 0.6 is 15.9 Å². The van der Waals surface area contributed by atoms with Crippen LogP contribution in [0.4, 0.5) is 11.4 Å². The molecule has 2 aromatic rings. The predicted molar refractivity (Wildman–Crippen MR) is 67.1 cm³/mol. The van der Waals surface area contributed by atoms with Gasteiger partial charge >= 0.3 is 0 Å². The molecule has 0 saturated carbocycles. The van der Waals surface area contributed by atoms with E-state index in [1.54, 1.807) is 11.0 Å². The number of rotatable bonds is 4. The second kappa shape index (κ2) is 4.98. The van der Waals surface area contributed by atoms with Crippen molar-refractivity contribution in [3.05, 3.63) is 35.3 Å². The van der Waals surface area contributed by atoms with E-state index in [4.69, 9.17) is 5.73 Å². The molecule has 1 heterocycles. The minimum absolute atomic E-state index is 0.742. The fourth-order valence-electron chi connectivity index (χ4n) is 1.33. The van der Waals surface area contributed by atoms with E-state index in [0.29, 0.717) is 0 Å². The smallest absolute Gasteiger partial charge is 0.137 e. The molecule has 0 unspecified atom stereocenters. The van der Waals surface area contributed by atoms with Crippen LogP contribution in [0.3, 0.4) is 0 Å². The van der Waals surface area contributed by atoms with Crippen LogP contribution in [0.25, 0.3) is 0 Å². The first kappa shape index (κ1) is 10.9. The molecule has 2 rings (SSSR count). The molecule has 0 spiro atoms. The van der Waals surface area contributed by atoms with Crippen LogP contribution in [0.15, 0.2) is 35.3 Å². The summed E-state index contributed by atoms with van der Waals surface area (Å²) in [4.78, 5) is 3.87. The Labute approximate surface area is 102 Å². The molecule has 0 atom stereocenters. The summed E-state index contributed by atoms with van der Waals surface area (Å²) < 4.78 is 2.77. The standard InChI is InChI=1S/C10H12BrN5/c11-9-2-1-8(12)5-10(9)14-3-4-16-7-13-6-15-16/h1-2,5-7,14H,3-4,12H2. The van der Waals surface area contributed by atoms with E-state index in [-0.39, 0.29) is 0 Å². The molecule has 5 nitrogen and oxygen atoms in total. The Morgan fingerprint density at radius 2 is 2.31 bits per heavy atom. The lowest BCUT2D eigenvalue weighted by Gasteiger charge is -2.09. The van der Waals surface area contributed by atoms with Crippen molar-refractivity contribution in [2.24, 2.45) is 0 Å². The Kier molecular flexibility index (Phi) is 3.40. The summed E-state index contributed by atoms with van der Waals surface area (Å²) in [6.45, 7) is 1.53. The van der Waals surface area contributed by atoms with Crippen molar-refractivity contribution in [2.45, 2.75) is 6.54 Å². The molecule has 0 aliphatic heterocycles. The number of nitrogen functional groups attached to an aromatic ring is 1. The molecule has 0 amide bonds. The van der Waals surface area contributed by atoms with Crippen molar-refractivity contribution < 1.29 is 0 Å². The maximum atomic E-state index is 5.71. The van der Waals surface area contributed by atoms with Gasteiger partial charge in [0.2, 0.25) is 0 Å². The molecule has 3 N–H and O–H groups in total. The van der Waals surface area contributed by atoms with E-state index in [2.05, 4.69) is 31.3 Å². The summed E-state index contributed by atoms with van der Waals surface area (Å²) >= 11 is 3.46. The molecule has 84 valence electrons. The number of nitrogens with one attached hydrogen (secondary N) is 1. The van der Waals surface area contributed by atoms with Crippen LogP contribution in [-0.2, 0) is 6.54 Å². The number of hydrogen-bond acceptors (Lipinski definition) is 4. The second-order valence-corrected chi connectivity index (χ2v) is 4.18. The van der Waals surface area contributed by atoms with Crippen LogP contribution in [0.1, 0.15) is 0 Å². The zero-order chi connectivity index (χ0) is 11.4. The number of benzene rings is 1. The zero-order valence-corrected chi connectivity index (χ0v) is 10.2. The first-order chi connectivity index (χ1) is 7.75. The quantitative estimate of drug-likeness (QED) is 0.838. The van der Waals surface area contributed by atoms with Gasteiger partial charge in [0.15, 0.2) is 0 Å². The highest BCUT2D eigenvalue weighted by molar-refractivity contribution is 9.10. The average Bonchev–Trinajstić information content (AvgIpc) is 2.76. The van der Waals surface area contributed by atoms with E-state index >= 15 is 0 Å². The number of halogens is 1. The second-order valence-electron chi connectivity index (χ2n) is 3.32. The van der Waals surface area contributed by atoms with E-state index < -0.39 is 0 Å². The number of hydrogen-bond donors (Lipinski definition) is 2. The van der Waals surface area contributed by atoms with E-state index in [1.807, 2.05) is 18.2 Å². The fourth-order valence-corrected chi connectivity index (χ4v) is 1.72. The Balaban J connectivity index is 1.92. The number of anilines is 2. The summed E-state index contributed by atoms with van der Waals surface area (Å²) in [5, 5.41) is 7.29. The van der Waals surface area contributed by atoms with Gasteiger partial charge in [-0.3, -0.25) is 4.68 Å². The normalized spacial score (nSPS) is 10.3.